The van der Waals surface area contributed by atoms with Crippen LogP contribution in [-0.2, 0) is 6.54 Å². The van der Waals surface area contributed by atoms with E-state index in [4.69, 9.17) is 5.73 Å². The van der Waals surface area contributed by atoms with Gasteiger partial charge >= 0.3 is 0 Å². The maximum atomic E-state index is 13.4. The molecule has 1 aromatic heterocycles. The number of aryl methyl sites for hydroxylation is 1. The second-order valence-electron chi connectivity index (χ2n) is 4.16. The van der Waals surface area contributed by atoms with E-state index < -0.39 is 0 Å². The first-order valence-corrected chi connectivity index (χ1v) is 6.64. The Hall–Kier alpha value is -1.20. The van der Waals surface area contributed by atoms with Crippen LogP contribution in [0.1, 0.15) is 30.6 Å². The number of halogens is 2. The number of hydrogen-bond donors (Lipinski definition) is 1. The van der Waals surface area contributed by atoms with Crippen molar-refractivity contribution in [2.45, 2.75) is 25.9 Å². The van der Waals surface area contributed by atoms with Gasteiger partial charge in [0.2, 0.25) is 0 Å². The van der Waals surface area contributed by atoms with Gasteiger partial charge in [-0.15, -0.1) is 0 Å². The predicted molar refractivity (Wildman–Crippen MR) is 72.6 cm³/mol. The van der Waals surface area contributed by atoms with Crippen molar-refractivity contribution in [2.75, 3.05) is 0 Å². The van der Waals surface area contributed by atoms with Gasteiger partial charge in [0.1, 0.15) is 5.82 Å². The molecule has 96 valence electrons. The van der Waals surface area contributed by atoms with Crippen LogP contribution in [0.3, 0.4) is 0 Å². The first kappa shape index (κ1) is 13.2. The summed E-state index contributed by atoms with van der Waals surface area (Å²) in [6, 6.07) is 6.21. The van der Waals surface area contributed by atoms with Crippen LogP contribution in [0.15, 0.2) is 34.9 Å². The van der Waals surface area contributed by atoms with Gasteiger partial charge in [0.25, 0.3) is 0 Å². The van der Waals surface area contributed by atoms with Gasteiger partial charge in [-0.05, 0) is 36.2 Å². The third-order valence-electron chi connectivity index (χ3n) is 2.75. The van der Waals surface area contributed by atoms with E-state index in [0.717, 1.165) is 24.2 Å². The van der Waals surface area contributed by atoms with Crippen LogP contribution < -0.4 is 5.73 Å². The Morgan fingerprint density at radius 2 is 2.22 bits per heavy atom. The lowest BCUT2D eigenvalue weighted by Gasteiger charge is -2.15. The minimum Gasteiger partial charge on any atom is -0.319 e. The molecule has 1 aromatic carbocycles. The molecule has 5 heteroatoms. The van der Waals surface area contributed by atoms with Crippen molar-refractivity contribution >= 4 is 15.9 Å². The van der Waals surface area contributed by atoms with E-state index in [-0.39, 0.29) is 11.9 Å². The Balaban J connectivity index is 2.34. The van der Waals surface area contributed by atoms with E-state index in [0.29, 0.717) is 4.47 Å². The average molecular weight is 312 g/mol. The van der Waals surface area contributed by atoms with Crippen LogP contribution >= 0.6 is 15.9 Å². The Labute approximate surface area is 114 Å². The van der Waals surface area contributed by atoms with Crippen LogP contribution in [0.2, 0.25) is 0 Å². The zero-order valence-corrected chi connectivity index (χ0v) is 11.7. The summed E-state index contributed by atoms with van der Waals surface area (Å²) in [5.74, 6) is -0.295. The van der Waals surface area contributed by atoms with Gasteiger partial charge in [0.05, 0.1) is 11.7 Å². The van der Waals surface area contributed by atoms with Gasteiger partial charge in [-0.2, -0.15) is 5.10 Å². The number of hydrogen-bond acceptors (Lipinski definition) is 2. The third-order valence-corrected chi connectivity index (χ3v) is 3.21. The SMILES string of the molecule is CCCn1nccc1C(N)c1cc(F)cc(Br)c1. The molecule has 0 aliphatic carbocycles. The van der Waals surface area contributed by atoms with Crippen molar-refractivity contribution in [3.63, 3.8) is 0 Å². The molecule has 0 fully saturated rings. The molecule has 0 spiro atoms. The number of rotatable bonds is 4. The van der Waals surface area contributed by atoms with Crippen molar-refractivity contribution < 1.29 is 4.39 Å². The molecule has 0 saturated carbocycles. The predicted octanol–water partition coefficient (Wildman–Crippen LogP) is 3.24. The lowest BCUT2D eigenvalue weighted by Crippen LogP contribution is -2.17. The van der Waals surface area contributed by atoms with Crippen LogP contribution in [0.4, 0.5) is 4.39 Å². The van der Waals surface area contributed by atoms with Crippen LogP contribution in [0.25, 0.3) is 0 Å². The molecule has 1 atom stereocenters. The fraction of sp³-hybridized carbons (Fsp3) is 0.308. The van der Waals surface area contributed by atoms with Crippen molar-refractivity contribution in [3.05, 3.63) is 52.0 Å². The lowest BCUT2D eigenvalue weighted by atomic mass is 10.0. The minimum atomic E-state index is -0.369. The molecular formula is C13H15BrFN3. The van der Waals surface area contributed by atoms with Gasteiger partial charge in [-0.3, -0.25) is 4.68 Å². The lowest BCUT2D eigenvalue weighted by molar-refractivity contribution is 0.557. The fourth-order valence-electron chi connectivity index (χ4n) is 1.93. The number of aromatic nitrogens is 2. The second-order valence-corrected chi connectivity index (χ2v) is 5.08. The highest BCUT2D eigenvalue weighted by molar-refractivity contribution is 9.10. The summed E-state index contributed by atoms with van der Waals surface area (Å²) in [5, 5.41) is 4.23. The third kappa shape index (κ3) is 2.79. The first-order valence-electron chi connectivity index (χ1n) is 5.85. The highest BCUT2D eigenvalue weighted by atomic mass is 79.9. The second kappa shape index (κ2) is 5.63. The molecule has 0 bridgehead atoms. The smallest absolute Gasteiger partial charge is 0.124 e. The van der Waals surface area contributed by atoms with Gasteiger partial charge in [0.15, 0.2) is 0 Å². The van der Waals surface area contributed by atoms with Gasteiger partial charge in [0, 0.05) is 17.2 Å². The first-order chi connectivity index (χ1) is 8.61. The Morgan fingerprint density at radius 1 is 1.44 bits per heavy atom. The maximum absolute atomic E-state index is 13.4. The maximum Gasteiger partial charge on any atom is 0.124 e. The van der Waals surface area contributed by atoms with E-state index in [1.165, 1.54) is 12.1 Å². The van der Waals surface area contributed by atoms with Crippen molar-refractivity contribution in [2.24, 2.45) is 5.73 Å². The number of nitrogens with two attached hydrogens (primary N) is 1. The monoisotopic (exact) mass is 311 g/mol. The molecule has 2 rings (SSSR count). The average Bonchev–Trinajstić information content (AvgIpc) is 2.75. The normalized spacial score (nSPS) is 12.7. The number of nitrogens with zero attached hydrogens (tertiary/aromatic N) is 2. The zero-order chi connectivity index (χ0) is 13.1. The summed E-state index contributed by atoms with van der Waals surface area (Å²) < 4.78 is 15.9. The molecule has 0 aliphatic rings. The van der Waals surface area contributed by atoms with Crippen LogP contribution in [0.5, 0.6) is 0 Å². The largest absolute Gasteiger partial charge is 0.319 e. The van der Waals surface area contributed by atoms with E-state index in [2.05, 4.69) is 28.0 Å². The summed E-state index contributed by atoms with van der Waals surface area (Å²) in [4.78, 5) is 0. The molecule has 0 saturated heterocycles. The molecule has 0 amide bonds. The fourth-order valence-corrected chi connectivity index (χ4v) is 2.41. The van der Waals surface area contributed by atoms with Crippen molar-refractivity contribution in [1.29, 1.82) is 0 Å². The van der Waals surface area contributed by atoms with Crippen molar-refractivity contribution in [3.8, 4) is 0 Å². The molecule has 3 nitrogen and oxygen atoms in total. The summed E-state index contributed by atoms with van der Waals surface area (Å²) in [5.41, 5.74) is 7.81. The molecule has 1 heterocycles. The standard InChI is InChI=1S/C13H15BrFN3/c1-2-5-18-12(3-4-17-18)13(16)9-6-10(14)8-11(15)7-9/h3-4,6-8,13H,2,5,16H2,1H3. The Morgan fingerprint density at radius 3 is 2.89 bits per heavy atom. The topological polar surface area (TPSA) is 43.8 Å². The quantitative estimate of drug-likeness (QED) is 0.942. The summed E-state index contributed by atoms with van der Waals surface area (Å²) in [6.07, 6.45) is 2.70. The van der Waals surface area contributed by atoms with Gasteiger partial charge in [-0.1, -0.05) is 22.9 Å². The molecule has 0 aliphatic heterocycles. The van der Waals surface area contributed by atoms with E-state index >= 15 is 0 Å². The Kier molecular flexibility index (Phi) is 4.14. The molecule has 1 unspecified atom stereocenters. The van der Waals surface area contributed by atoms with Crippen LogP contribution in [-0.4, -0.2) is 9.78 Å². The molecule has 2 aromatic rings. The number of benzene rings is 1. The molecule has 2 N–H and O–H groups in total. The highest BCUT2D eigenvalue weighted by Gasteiger charge is 2.15. The summed E-state index contributed by atoms with van der Waals surface area (Å²) >= 11 is 3.28. The van der Waals surface area contributed by atoms with Crippen LogP contribution in [0, 0.1) is 5.82 Å². The van der Waals surface area contributed by atoms with Crippen molar-refractivity contribution in [1.82, 2.24) is 9.78 Å². The molecule has 18 heavy (non-hydrogen) atoms. The molecule has 0 radical (unpaired) electrons. The minimum absolute atomic E-state index is 0.295. The van der Waals surface area contributed by atoms with E-state index in [1.54, 1.807) is 6.20 Å². The zero-order valence-electron chi connectivity index (χ0n) is 10.1. The molecular weight excluding hydrogens is 297 g/mol. The van der Waals surface area contributed by atoms with Gasteiger partial charge < -0.3 is 5.73 Å². The Bertz CT molecular complexity index is 519. The van der Waals surface area contributed by atoms with E-state index in [1.807, 2.05) is 16.8 Å². The summed E-state index contributed by atoms with van der Waals surface area (Å²) in [6.45, 7) is 2.89. The van der Waals surface area contributed by atoms with Gasteiger partial charge in [-0.25, -0.2) is 4.39 Å². The summed E-state index contributed by atoms with van der Waals surface area (Å²) in [7, 11) is 0. The highest BCUT2D eigenvalue weighted by Crippen LogP contribution is 2.24. The van der Waals surface area contributed by atoms with E-state index in [9.17, 15) is 4.39 Å².